The largest absolute Gasteiger partial charge is 0.335 e. The number of imidazole rings is 1. The SMILES string of the molecule is Cc1ccc(-c2ccnc3nc(-c4n[nH]c5cnc(-c6cncnc6)cc45)[nH]c23)s1. The van der Waals surface area contributed by atoms with Crippen molar-refractivity contribution in [2.75, 3.05) is 0 Å². The van der Waals surface area contributed by atoms with E-state index >= 15 is 0 Å². The van der Waals surface area contributed by atoms with Crippen LogP contribution in [0, 0.1) is 6.92 Å². The molecule has 0 aliphatic carbocycles. The Morgan fingerprint density at radius 1 is 1.00 bits per heavy atom. The van der Waals surface area contributed by atoms with Crippen molar-refractivity contribution in [2.45, 2.75) is 6.92 Å². The molecule has 6 aromatic rings. The first-order valence-corrected chi connectivity index (χ1v) is 10.1. The second-order valence-corrected chi connectivity index (χ2v) is 8.16. The van der Waals surface area contributed by atoms with Gasteiger partial charge < -0.3 is 4.98 Å². The molecule has 0 aromatic carbocycles. The molecule has 0 unspecified atom stereocenters. The summed E-state index contributed by atoms with van der Waals surface area (Å²) in [5, 5.41) is 8.44. The summed E-state index contributed by atoms with van der Waals surface area (Å²) in [6.07, 6.45) is 8.52. The van der Waals surface area contributed by atoms with Crippen LogP contribution in [0.2, 0.25) is 0 Å². The molecule has 0 saturated heterocycles. The average molecular weight is 410 g/mol. The quantitative estimate of drug-likeness (QED) is 0.448. The van der Waals surface area contributed by atoms with Gasteiger partial charge in [-0.3, -0.25) is 10.1 Å². The number of aromatic nitrogens is 8. The van der Waals surface area contributed by atoms with Gasteiger partial charge in [0.15, 0.2) is 11.5 Å². The summed E-state index contributed by atoms with van der Waals surface area (Å²) in [5.74, 6) is 0.658. The molecule has 8 nitrogen and oxygen atoms in total. The van der Waals surface area contributed by atoms with Crippen LogP contribution in [0.25, 0.3) is 55.3 Å². The highest BCUT2D eigenvalue weighted by molar-refractivity contribution is 7.15. The van der Waals surface area contributed by atoms with Crippen molar-refractivity contribution in [1.29, 1.82) is 0 Å². The first-order chi connectivity index (χ1) is 14.8. The number of aryl methyl sites for hydroxylation is 1. The van der Waals surface area contributed by atoms with E-state index in [1.807, 2.05) is 12.1 Å². The van der Waals surface area contributed by atoms with Gasteiger partial charge in [-0.2, -0.15) is 5.10 Å². The van der Waals surface area contributed by atoms with Crippen molar-refractivity contribution in [1.82, 2.24) is 40.1 Å². The Balaban J connectivity index is 1.52. The lowest BCUT2D eigenvalue weighted by molar-refractivity contribution is 1.10. The van der Waals surface area contributed by atoms with Crippen molar-refractivity contribution in [3.8, 4) is 33.2 Å². The Morgan fingerprint density at radius 3 is 2.73 bits per heavy atom. The molecule has 0 atom stereocenters. The summed E-state index contributed by atoms with van der Waals surface area (Å²) in [6, 6.07) is 8.22. The van der Waals surface area contributed by atoms with Crippen molar-refractivity contribution in [2.24, 2.45) is 0 Å². The minimum absolute atomic E-state index is 0.658. The van der Waals surface area contributed by atoms with Crippen molar-refractivity contribution >= 4 is 33.4 Å². The molecule has 6 aromatic heterocycles. The van der Waals surface area contributed by atoms with Gasteiger partial charge in [-0.1, -0.05) is 0 Å². The highest BCUT2D eigenvalue weighted by Crippen LogP contribution is 2.34. The zero-order chi connectivity index (χ0) is 20.1. The van der Waals surface area contributed by atoms with Gasteiger partial charge in [-0.05, 0) is 31.2 Å². The van der Waals surface area contributed by atoms with E-state index in [0.717, 1.165) is 38.9 Å². The molecule has 0 aliphatic heterocycles. The van der Waals surface area contributed by atoms with Crippen LogP contribution in [0.4, 0.5) is 0 Å². The molecule has 0 fully saturated rings. The van der Waals surface area contributed by atoms with Crippen molar-refractivity contribution in [3.05, 3.63) is 60.3 Å². The van der Waals surface area contributed by atoms with E-state index in [-0.39, 0.29) is 0 Å². The first kappa shape index (κ1) is 16.9. The fourth-order valence-corrected chi connectivity index (χ4v) is 4.39. The van der Waals surface area contributed by atoms with Crippen LogP contribution < -0.4 is 0 Å². The number of thiophene rings is 1. The zero-order valence-corrected chi connectivity index (χ0v) is 16.6. The molecule has 0 saturated carbocycles. The van der Waals surface area contributed by atoms with Gasteiger partial charge in [0.1, 0.15) is 12.0 Å². The number of nitrogens with zero attached hydrogens (tertiary/aromatic N) is 6. The van der Waals surface area contributed by atoms with Gasteiger partial charge in [-0.25, -0.2) is 19.9 Å². The van der Waals surface area contributed by atoms with Gasteiger partial charge in [0.2, 0.25) is 0 Å². The minimum atomic E-state index is 0.658. The molecule has 0 spiro atoms. The van der Waals surface area contributed by atoms with Crippen LogP contribution in [0.5, 0.6) is 0 Å². The fourth-order valence-electron chi connectivity index (χ4n) is 3.49. The van der Waals surface area contributed by atoms with E-state index in [9.17, 15) is 0 Å². The highest BCUT2D eigenvalue weighted by Gasteiger charge is 2.17. The Hall–Kier alpha value is -3.98. The Kier molecular flexibility index (Phi) is 3.68. The summed E-state index contributed by atoms with van der Waals surface area (Å²) in [4.78, 5) is 27.7. The van der Waals surface area contributed by atoms with Gasteiger partial charge in [0, 0.05) is 44.9 Å². The number of hydrogen-bond donors (Lipinski definition) is 2. The number of rotatable bonds is 3. The standard InChI is InChI=1S/C21H14N8S/c1-11-2-3-17(30-11)13-4-5-24-20-18(13)26-21(27-20)19-14-6-15(12-7-22-10-23-8-12)25-9-16(14)28-29-19/h2-10H,1H3,(H,28,29)(H,24,26,27). The summed E-state index contributed by atoms with van der Waals surface area (Å²) in [5.41, 5.74) is 5.81. The average Bonchev–Trinajstić information content (AvgIpc) is 3.51. The van der Waals surface area contributed by atoms with E-state index in [1.165, 1.54) is 16.1 Å². The first-order valence-electron chi connectivity index (χ1n) is 9.28. The summed E-state index contributed by atoms with van der Waals surface area (Å²) >= 11 is 1.75. The number of pyridine rings is 2. The molecule has 9 heteroatoms. The fraction of sp³-hybridized carbons (Fsp3) is 0.0476. The van der Waals surface area contributed by atoms with Gasteiger partial charge >= 0.3 is 0 Å². The van der Waals surface area contributed by atoms with E-state index in [4.69, 9.17) is 4.98 Å². The molecule has 144 valence electrons. The summed E-state index contributed by atoms with van der Waals surface area (Å²) in [7, 11) is 0. The van der Waals surface area contributed by atoms with Crippen LogP contribution in [0.3, 0.4) is 0 Å². The molecule has 30 heavy (non-hydrogen) atoms. The topological polar surface area (TPSA) is 109 Å². The number of fused-ring (bicyclic) bond motifs is 2. The summed E-state index contributed by atoms with van der Waals surface area (Å²) < 4.78 is 0. The number of H-pyrrole nitrogens is 2. The predicted octanol–water partition coefficient (Wildman–Crippen LogP) is 4.39. The second kappa shape index (κ2) is 6.53. The second-order valence-electron chi connectivity index (χ2n) is 6.87. The van der Waals surface area contributed by atoms with Gasteiger partial charge in [0.25, 0.3) is 0 Å². The lowest BCUT2D eigenvalue weighted by atomic mass is 10.1. The molecule has 6 heterocycles. The maximum atomic E-state index is 4.71. The summed E-state index contributed by atoms with van der Waals surface area (Å²) in [6.45, 7) is 2.10. The molecule has 0 aliphatic rings. The zero-order valence-electron chi connectivity index (χ0n) is 15.8. The Labute approximate surface area is 174 Å². The third kappa shape index (κ3) is 2.67. The predicted molar refractivity (Wildman–Crippen MR) is 116 cm³/mol. The minimum Gasteiger partial charge on any atom is -0.335 e. The molecule has 0 bridgehead atoms. The smallest absolute Gasteiger partial charge is 0.178 e. The van der Waals surface area contributed by atoms with Crippen molar-refractivity contribution < 1.29 is 0 Å². The van der Waals surface area contributed by atoms with E-state index in [1.54, 1.807) is 36.1 Å². The maximum absolute atomic E-state index is 4.71. The number of aromatic amines is 2. The number of nitrogens with one attached hydrogen (secondary N) is 2. The van der Waals surface area contributed by atoms with Crippen molar-refractivity contribution in [3.63, 3.8) is 0 Å². The normalized spacial score (nSPS) is 11.5. The van der Waals surface area contributed by atoms with Crippen LogP contribution in [-0.2, 0) is 0 Å². The Bertz CT molecular complexity index is 1510. The molecular weight excluding hydrogens is 396 g/mol. The van der Waals surface area contributed by atoms with Crippen LogP contribution in [-0.4, -0.2) is 40.1 Å². The third-order valence-electron chi connectivity index (χ3n) is 4.93. The maximum Gasteiger partial charge on any atom is 0.178 e. The molecule has 0 amide bonds. The van der Waals surface area contributed by atoms with E-state index in [0.29, 0.717) is 11.5 Å². The van der Waals surface area contributed by atoms with Gasteiger partial charge in [0.05, 0.1) is 22.9 Å². The lowest BCUT2D eigenvalue weighted by Gasteiger charge is -2.00. The molecule has 6 rings (SSSR count). The lowest BCUT2D eigenvalue weighted by Crippen LogP contribution is -1.87. The monoisotopic (exact) mass is 410 g/mol. The highest BCUT2D eigenvalue weighted by atomic mass is 32.1. The van der Waals surface area contributed by atoms with Gasteiger partial charge in [-0.15, -0.1) is 11.3 Å². The Morgan fingerprint density at radius 2 is 1.90 bits per heavy atom. The number of hydrogen-bond acceptors (Lipinski definition) is 7. The molecule has 2 N–H and O–H groups in total. The molecule has 0 radical (unpaired) electrons. The van der Waals surface area contributed by atoms with E-state index in [2.05, 4.69) is 54.2 Å². The van der Waals surface area contributed by atoms with Crippen LogP contribution in [0.1, 0.15) is 4.88 Å². The third-order valence-corrected chi connectivity index (χ3v) is 5.96. The van der Waals surface area contributed by atoms with E-state index < -0.39 is 0 Å². The molecular formula is C21H14N8S. The van der Waals surface area contributed by atoms with Crippen LogP contribution >= 0.6 is 11.3 Å². The van der Waals surface area contributed by atoms with Crippen LogP contribution in [0.15, 0.2) is 55.4 Å².